The van der Waals surface area contributed by atoms with Crippen LogP contribution in [0.15, 0.2) is 91.0 Å². The Morgan fingerprint density at radius 3 is 1.56 bits per heavy atom. The number of hydrogen-bond donors (Lipinski definition) is 2. The van der Waals surface area contributed by atoms with Crippen LogP contribution in [0.5, 0.6) is 0 Å². The summed E-state index contributed by atoms with van der Waals surface area (Å²) in [6.45, 7) is 0.103. The highest BCUT2D eigenvalue weighted by atomic mass is 16.7. The van der Waals surface area contributed by atoms with Gasteiger partial charge < -0.3 is 29.7 Å². The first-order chi connectivity index (χ1) is 24.3. The van der Waals surface area contributed by atoms with E-state index in [1.54, 1.807) is 24.3 Å². The van der Waals surface area contributed by atoms with E-state index in [1.807, 2.05) is 66.7 Å². The summed E-state index contributed by atoms with van der Waals surface area (Å²) in [6.07, 6.45) is -2.12. The summed E-state index contributed by atoms with van der Waals surface area (Å²) in [7, 11) is 0. The second-order valence-corrected chi connectivity index (χ2v) is 11.2. The van der Waals surface area contributed by atoms with E-state index in [-0.39, 0.29) is 71.6 Å². The number of rotatable bonds is 17. The molecule has 2 N–H and O–H groups in total. The molecule has 1 aliphatic heterocycles. The summed E-state index contributed by atoms with van der Waals surface area (Å²) >= 11 is 0. The Morgan fingerprint density at radius 2 is 1.08 bits per heavy atom. The third-order valence-corrected chi connectivity index (χ3v) is 7.47. The average Bonchev–Trinajstić information content (AvgIpc) is 3.46. The first kappa shape index (κ1) is 36.9. The number of carbonyl (C=O) groups is 6. The summed E-state index contributed by atoms with van der Waals surface area (Å²) in [5, 5.41) is 5.64. The van der Waals surface area contributed by atoms with Gasteiger partial charge in [0, 0.05) is 32.5 Å². The molecule has 0 bridgehead atoms. The SMILES string of the molecule is O=C(NCCCC(C(=O)ON1C(=O)CCC1=O)N(CCCNC(=O)OCc1ccccc1)C(=O)OCc1ccccc1)OCc1ccccc1. The monoisotopic (exact) mass is 688 g/mol. The van der Waals surface area contributed by atoms with Crippen LogP contribution < -0.4 is 10.6 Å². The van der Waals surface area contributed by atoms with Gasteiger partial charge in [-0.05, 0) is 36.0 Å². The maximum absolute atomic E-state index is 13.5. The fourth-order valence-electron chi connectivity index (χ4n) is 4.86. The number of hydrogen-bond acceptors (Lipinski definition) is 10. The predicted octanol–water partition coefficient (Wildman–Crippen LogP) is 4.62. The molecule has 0 aliphatic carbocycles. The van der Waals surface area contributed by atoms with Crippen molar-refractivity contribution < 1.29 is 47.8 Å². The molecule has 0 radical (unpaired) electrons. The molecular weight excluding hydrogens is 648 g/mol. The van der Waals surface area contributed by atoms with Gasteiger partial charge in [0.15, 0.2) is 0 Å². The van der Waals surface area contributed by atoms with Gasteiger partial charge in [-0.2, -0.15) is 0 Å². The Kier molecular flexibility index (Phi) is 14.6. The lowest BCUT2D eigenvalue weighted by Crippen LogP contribution is -2.49. The van der Waals surface area contributed by atoms with Gasteiger partial charge in [-0.3, -0.25) is 14.5 Å². The molecule has 0 spiro atoms. The van der Waals surface area contributed by atoms with Crippen molar-refractivity contribution in [2.24, 2.45) is 0 Å². The topological polar surface area (TPSA) is 170 Å². The van der Waals surface area contributed by atoms with Crippen LogP contribution in [-0.2, 0) is 53.3 Å². The summed E-state index contributed by atoms with van der Waals surface area (Å²) < 4.78 is 16.0. The lowest BCUT2D eigenvalue weighted by atomic mass is 10.1. The van der Waals surface area contributed by atoms with Crippen molar-refractivity contribution in [1.29, 1.82) is 0 Å². The number of carbonyl (C=O) groups excluding carboxylic acids is 6. The Balaban J connectivity index is 1.39. The molecule has 1 unspecified atom stereocenters. The number of benzene rings is 3. The van der Waals surface area contributed by atoms with Crippen LogP contribution >= 0.6 is 0 Å². The molecule has 1 atom stereocenters. The molecule has 4 rings (SSSR count). The maximum Gasteiger partial charge on any atom is 0.410 e. The van der Waals surface area contributed by atoms with E-state index in [1.165, 1.54) is 0 Å². The van der Waals surface area contributed by atoms with Gasteiger partial charge in [-0.25, -0.2) is 19.2 Å². The molecule has 3 aromatic rings. The molecule has 1 saturated heterocycles. The molecule has 3 aromatic carbocycles. The highest BCUT2D eigenvalue weighted by Crippen LogP contribution is 2.18. The van der Waals surface area contributed by atoms with Gasteiger partial charge in [0.05, 0.1) is 0 Å². The maximum atomic E-state index is 13.5. The lowest BCUT2D eigenvalue weighted by Gasteiger charge is -2.30. The third-order valence-electron chi connectivity index (χ3n) is 7.47. The van der Waals surface area contributed by atoms with Gasteiger partial charge in [0.25, 0.3) is 11.8 Å². The predicted molar refractivity (Wildman–Crippen MR) is 177 cm³/mol. The van der Waals surface area contributed by atoms with Crippen molar-refractivity contribution in [1.82, 2.24) is 20.6 Å². The van der Waals surface area contributed by atoms with Gasteiger partial charge >= 0.3 is 24.2 Å². The second kappa shape index (κ2) is 19.8. The average molecular weight is 689 g/mol. The largest absolute Gasteiger partial charge is 0.445 e. The molecule has 0 aromatic heterocycles. The fourth-order valence-corrected chi connectivity index (χ4v) is 4.86. The van der Waals surface area contributed by atoms with E-state index in [4.69, 9.17) is 19.0 Å². The van der Waals surface area contributed by atoms with Gasteiger partial charge in [0.2, 0.25) is 0 Å². The molecule has 264 valence electrons. The molecule has 1 heterocycles. The number of nitrogens with zero attached hydrogens (tertiary/aromatic N) is 2. The molecule has 1 aliphatic rings. The van der Waals surface area contributed by atoms with Gasteiger partial charge in [-0.15, -0.1) is 5.06 Å². The zero-order chi connectivity index (χ0) is 35.6. The summed E-state index contributed by atoms with van der Waals surface area (Å²) in [6, 6.07) is 25.8. The molecule has 0 saturated carbocycles. The van der Waals surface area contributed by atoms with E-state index in [0.717, 1.165) is 16.0 Å². The van der Waals surface area contributed by atoms with Crippen molar-refractivity contribution in [2.75, 3.05) is 19.6 Å². The number of ether oxygens (including phenoxy) is 3. The Bertz CT molecular complexity index is 1560. The van der Waals surface area contributed by atoms with Gasteiger partial charge in [-0.1, -0.05) is 91.0 Å². The quantitative estimate of drug-likeness (QED) is 0.116. The highest BCUT2D eigenvalue weighted by Gasteiger charge is 2.38. The molecule has 50 heavy (non-hydrogen) atoms. The number of alkyl carbamates (subject to hydrolysis) is 2. The Morgan fingerprint density at radius 1 is 0.640 bits per heavy atom. The number of imide groups is 1. The Labute approximate surface area is 289 Å². The van der Waals surface area contributed by atoms with Crippen LogP contribution in [-0.4, -0.2) is 71.7 Å². The van der Waals surface area contributed by atoms with Crippen LogP contribution in [0.2, 0.25) is 0 Å². The summed E-state index contributed by atoms with van der Waals surface area (Å²) in [5.41, 5.74) is 2.32. The molecular formula is C36H40N4O10. The molecule has 1 fully saturated rings. The Hall–Kier alpha value is -5.92. The first-order valence-electron chi connectivity index (χ1n) is 16.2. The van der Waals surface area contributed by atoms with Crippen molar-refractivity contribution in [3.8, 4) is 0 Å². The highest BCUT2D eigenvalue weighted by molar-refractivity contribution is 6.01. The van der Waals surface area contributed by atoms with Crippen LogP contribution in [0.25, 0.3) is 0 Å². The van der Waals surface area contributed by atoms with Crippen molar-refractivity contribution in [3.05, 3.63) is 108 Å². The lowest BCUT2D eigenvalue weighted by molar-refractivity contribution is -0.201. The zero-order valence-corrected chi connectivity index (χ0v) is 27.5. The van der Waals surface area contributed by atoms with Crippen molar-refractivity contribution in [3.63, 3.8) is 0 Å². The third kappa shape index (κ3) is 12.3. The summed E-state index contributed by atoms with van der Waals surface area (Å²) in [4.78, 5) is 82.4. The van der Waals surface area contributed by atoms with Crippen molar-refractivity contribution in [2.45, 2.75) is 58.0 Å². The molecule has 14 heteroatoms. The number of nitrogens with one attached hydrogen (secondary N) is 2. The molecule has 5 amide bonds. The fraction of sp³-hybridized carbons (Fsp3) is 0.333. The first-order valence-corrected chi connectivity index (χ1v) is 16.2. The number of amides is 5. The van der Waals surface area contributed by atoms with E-state index in [0.29, 0.717) is 10.6 Å². The van der Waals surface area contributed by atoms with Gasteiger partial charge in [0.1, 0.15) is 25.9 Å². The van der Waals surface area contributed by atoms with Crippen LogP contribution in [0.1, 0.15) is 48.8 Å². The minimum atomic E-state index is -1.33. The van der Waals surface area contributed by atoms with E-state index >= 15 is 0 Å². The normalized spacial score (nSPS) is 12.8. The van der Waals surface area contributed by atoms with Crippen molar-refractivity contribution >= 4 is 36.1 Å². The van der Waals surface area contributed by atoms with Crippen LogP contribution in [0.4, 0.5) is 14.4 Å². The standard InChI is InChI=1S/C36H40N4O10/c41-31-19-20-32(42)40(31)50-33(43)30(18-10-21-37-34(44)47-24-27-12-4-1-5-13-27)39(36(46)49-26-29-16-8-3-9-17-29)23-11-22-38-35(45)48-25-28-14-6-2-7-15-28/h1-9,12-17,30H,10-11,18-26H2,(H,37,44)(H,38,45). The van der Waals surface area contributed by atoms with Crippen LogP contribution in [0.3, 0.4) is 0 Å². The molecule has 14 nitrogen and oxygen atoms in total. The summed E-state index contributed by atoms with van der Waals surface area (Å²) in [5.74, 6) is -2.39. The van der Waals surface area contributed by atoms with Crippen LogP contribution in [0, 0.1) is 0 Å². The minimum Gasteiger partial charge on any atom is -0.445 e. The smallest absolute Gasteiger partial charge is 0.410 e. The zero-order valence-electron chi connectivity index (χ0n) is 27.5. The number of hydroxylamine groups is 2. The second-order valence-electron chi connectivity index (χ2n) is 11.2. The van der Waals surface area contributed by atoms with E-state index in [9.17, 15) is 28.8 Å². The van der Waals surface area contributed by atoms with E-state index in [2.05, 4.69) is 10.6 Å². The minimum absolute atomic E-state index is 0.0407. The van der Waals surface area contributed by atoms with E-state index < -0.39 is 42.1 Å².